The number of aliphatic hydroxyl groups is 1. The van der Waals surface area contributed by atoms with Crippen molar-refractivity contribution in [3.05, 3.63) is 34.2 Å². The molecular weight excluding hydrogens is 456 g/mol. The lowest BCUT2D eigenvalue weighted by molar-refractivity contribution is -0.132. The van der Waals surface area contributed by atoms with E-state index in [0.29, 0.717) is 65.7 Å². The third-order valence-electron chi connectivity index (χ3n) is 6.02. The molecule has 1 saturated carbocycles. The first-order valence-corrected chi connectivity index (χ1v) is 12.2. The Kier molecular flexibility index (Phi) is 11.1. The number of aliphatic hydroxyl groups excluding tert-OH is 1. The number of hydrogen-bond donors (Lipinski definition) is 1. The number of hydrogen-bond acceptors (Lipinski definition) is 8. The summed E-state index contributed by atoms with van der Waals surface area (Å²) in [6.07, 6.45) is 2.13. The summed E-state index contributed by atoms with van der Waals surface area (Å²) in [6, 6.07) is 5.19. The third kappa shape index (κ3) is 7.55. The number of ketones is 2. The molecule has 0 spiro atoms. The fourth-order valence-electron chi connectivity index (χ4n) is 4.35. The van der Waals surface area contributed by atoms with Crippen molar-refractivity contribution in [1.29, 1.82) is 0 Å². The van der Waals surface area contributed by atoms with E-state index in [0.717, 1.165) is 29.4 Å². The van der Waals surface area contributed by atoms with Gasteiger partial charge in [-0.05, 0) is 30.9 Å². The Labute approximate surface area is 204 Å². The van der Waals surface area contributed by atoms with Crippen LogP contribution in [0.4, 0.5) is 0 Å². The lowest BCUT2D eigenvalue weighted by Gasteiger charge is -2.21. The van der Waals surface area contributed by atoms with Crippen LogP contribution in [0.2, 0.25) is 0 Å². The number of ether oxygens (including phenoxy) is 4. The van der Waals surface area contributed by atoms with Gasteiger partial charge >= 0.3 is 5.69 Å². The number of carbonyl (C=O) groups is 2. The Balaban J connectivity index is 1.41. The highest BCUT2D eigenvalue weighted by atomic mass is 16.6. The zero-order chi connectivity index (χ0) is 25.0. The van der Waals surface area contributed by atoms with Crippen LogP contribution in [0.1, 0.15) is 37.3 Å². The van der Waals surface area contributed by atoms with E-state index in [4.69, 9.17) is 24.1 Å². The summed E-state index contributed by atoms with van der Waals surface area (Å²) in [5, 5.41) is 8.60. The van der Waals surface area contributed by atoms with E-state index >= 15 is 0 Å². The molecule has 10 heteroatoms. The van der Waals surface area contributed by atoms with Crippen LogP contribution in [0, 0.1) is 0 Å². The summed E-state index contributed by atoms with van der Waals surface area (Å²) < 4.78 is 24.7. The molecular formula is C25H36N2O8. The predicted molar refractivity (Wildman–Crippen MR) is 129 cm³/mol. The van der Waals surface area contributed by atoms with Crippen LogP contribution in [0.25, 0.3) is 11.0 Å². The van der Waals surface area contributed by atoms with Gasteiger partial charge in [0.1, 0.15) is 5.78 Å². The summed E-state index contributed by atoms with van der Waals surface area (Å²) in [5.41, 5.74) is 2.36. The maximum absolute atomic E-state index is 13.0. The molecule has 0 aliphatic heterocycles. The van der Waals surface area contributed by atoms with Gasteiger partial charge in [-0.25, -0.2) is 4.79 Å². The summed E-state index contributed by atoms with van der Waals surface area (Å²) in [4.78, 5) is 37.1. The second-order valence-corrected chi connectivity index (χ2v) is 8.51. The molecule has 35 heavy (non-hydrogen) atoms. The first-order valence-electron chi connectivity index (χ1n) is 12.2. The van der Waals surface area contributed by atoms with Gasteiger partial charge in [0.05, 0.1) is 76.4 Å². The molecule has 0 radical (unpaired) electrons. The van der Waals surface area contributed by atoms with Crippen LogP contribution in [-0.2, 0) is 42.0 Å². The molecule has 1 N–H and O–H groups in total. The second-order valence-electron chi connectivity index (χ2n) is 8.51. The number of benzene rings is 1. The van der Waals surface area contributed by atoms with E-state index in [9.17, 15) is 14.4 Å². The number of carbonyl (C=O) groups excluding carboxylic acids is 2. The molecule has 194 valence electrons. The smallest absolute Gasteiger partial charge is 0.329 e. The van der Waals surface area contributed by atoms with Crippen molar-refractivity contribution in [2.75, 3.05) is 59.5 Å². The van der Waals surface area contributed by atoms with Crippen molar-refractivity contribution in [2.45, 2.75) is 38.1 Å². The minimum Gasteiger partial charge on any atom is -0.394 e. The number of para-hydroxylation sites is 1. The number of aromatic nitrogens is 2. The van der Waals surface area contributed by atoms with E-state index in [1.165, 1.54) is 0 Å². The van der Waals surface area contributed by atoms with Crippen molar-refractivity contribution >= 4 is 22.6 Å². The van der Waals surface area contributed by atoms with Crippen molar-refractivity contribution in [1.82, 2.24) is 9.13 Å². The van der Waals surface area contributed by atoms with Gasteiger partial charge in [-0.15, -0.1) is 0 Å². The van der Waals surface area contributed by atoms with E-state index in [1.54, 1.807) is 16.2 Å². The number of fused-ring (bicyclic) bond motifs is 1. The highest BCUT2D eigenvalue weighted by Gasteiger charge is 2.31. The summed E-state index contributed by atoms with van der Waals surface area (Å²) in [5.74, 6) is -0.241. The van der Waals surface area contributed by atoms with E-state index in [-0.39, 0.29) is 30.3 Å². The molecule has 1 aliphatic carbocycles. The molecule has 0 saturated heterocycles. The van der Waals surface area contributed by atoms with Crippen molar-refractivity contribution < 1.29 is 33.6 Å². The monoisotopic (exact) mass is 492 g/mol. The quantitative estimate of drug-likeness (QED) is 0.274. The Hall–Kier alpha value is -2.37. The lowest BCUT2D eigenvalue weighted by Crippen LogP contribution is -2.34. The molecule has 1 aromatic heterocycles. The number of Topliss-reactive ketones (excluding diaryl/α,β-unsaturated/α-hetero) is 2. The van der Waals surface area contributed by atoms with Crippen LogP contribution in [0.15, 0.2) is 23.0 Å². The average molecular weight is 493 g/mol. The molecule has 1 unspecified atom stereocenters. The maximum Gasteiger partial charge on any atom is 0.329 e. The zero-order valence-corrected chi connectivity index (χ0v) is 20.4. The SMILES string of the molecule is Cn1c(=O)n(C2CCC(=O)CC2=O)c2cccc(CCCOCCOCCOCCOCCO)c21. The highest BCUT2D eigenvalue weighted by Crippen LogP contribution is 2.27. The first kappa shape index (κ1) is 27.2. The summed E-state index contributed by atoms with van der Waals surface area (Å²) in [6.45, 7) is 3.75. The molecule has 1 heterocycles. The van der Waals surface area contributed by atoms with Crippen molar-refractivity contribution in [3.63, 3.8) is 0 Å². The van der Waals surface area contributed by atoms with Crippen molar-refractivity contribution in [2.24, 2.45) is 7.05 Å². The molecule has 0 amide bonds. The molecule has 1 aromatic carbocycles. The largest absolute Gasteiger partial charge is 0.394 e. The van der Waals surface area contributed by atoms with Gasteiger partial charge in [0.2, 0.25) is 0 Å². The van der Waals surface area contributed by atoms with E-state index in [1.807, 2.05) is 18.2 Å². The number of aryl methyl sites for hydroxylation is 2. The Morgan fingerprint density at radius 1 is 0.914 bits per heavy atom. The Bertz CT molecular complexity index is 1030. The lowest BCUT2D eigenvalue weighted by atomic mass is 9.92. The van der Waals surface area contributed by atoms with Crippen LogP contribution in [0.3, 0.4) is 0 Å². The zero-order valence-electron chi connectivity index (χ0n) is 20.4. The fraction of sp³-hybridized carbons (Fsp3) is 0.640. The van der Waals surface area contributed by atoms with Gasteiger partial charge in [0.25, 0.3) is 0 Å². The van der Waals surface area contributed by atoms with Gasteiger partial charge < -0.3 is 24.1 Å². The van der Waals surface area contributed by atoms with Crippen LogP contribution in [-0.4, -0.2) is 85.3 Å². The minimum absolute atomic E-state index is 0.0125. The molecule has 1 fully saturated rings. The second kappa shape index (κ2) is 14.3. The number of nitrogens with zero attached hydrogens (tertiary/aromatic N) is 2. The van der Waals surface area contributed by atoms with Gasteiger partial charge in [-0.2, -0.15) is 0 Å². The Morgan fingerprint density at radius 3 is 2.17 bits per heavy atom. The maximum atomic E-state index is 13.0. The third-order valence-corrected chi connectivity index (χ3v) is 6.02. The van der Waals surface area contributed by atoms with E-state index in [2.05, 4.69) is 0 Å². The van der Waals surface area contributed by atoms with Crippen molar-refractivity contribution in [3.8, 4) is 0 Å². The van der Waals surface area contributed by atoms with Gasteiger partial charge in [-0.3, -0.25) is 18.7 Å². The predicted octanol–water partition coefficient (Wildman–Crippen LogP) is 1.19. The van der Waals surface area contributed by atoms with Gasteiger partial charge in [-0.1, -0.05) is 12.1 Å². The van der Waals surface area contributed by atoms with E-state index < -0.39 is 6.04 Å². The molecule has 1 atom stereocenters. The summed E-state index contributed by atoms with van der Waals surface area (Å²) in [7, 11) is 1.73. The van der Waals surface area contributed by atoms with Crippen LogP contribution in [0.5, 0.6) is 0 Å². The van der Waals surface area contributed by atoms with Gasteiger partial charge in [0.15, 0.2) is 5.78 Å². The highest BCUT2D eigenvalue weighted by molar-refractivity contribution is 6.03. The first-order chi connectivity index (χ1) is 17.0. The number of rotatable bonds is 16. The molecule has 2 aromatic rings. The number of imidazole rings is 1. The minimum atomic E-state index is -0.576. The standard InChI is InChI=1S/C25H36N2O8/c1-26-24-19(5-3-10-32-12-14-34-16-17-35-15-13-33-11-9-28)4-2-6-22(24)27(25(26)31)21-8-7-20(29)18-23(21)30/h2,4,6,21,28H,3,5,7-18H2,1H3. The average Bonchev–Trinajstić information content (AvgIpc) is 3.10. The normalized spacial score (nSPS) is 16.5. The molecule has 10 nitrogen and oxygen atoms in total. The molecule has 3 rings (SSSR count). The molecule has 0 bridgehead atoms. The fourth-order valence-corrected chi connectivity index (χ4v) is 4.35. The van der Waals surface area contributed by atoms with Gasteiger partial charge in [0, 0.05) is 20.1 Å². The van der Waals surface area contributed by atoms with Crippen LogP contribution < -0.4 is 5.69 Å². The molecule has 1 aliphatic rings. The summed E-state index contributed by atoms with van der Waals surface area (Å²) >= 11 is 0. The topological polar surface area (TPSA) is 118 Å². The Morgan fingerprint density at radius 2 is 1.54 bits per heavy atom. The van der Waals surface area contributed by atoms with Crippen LogP contribution >= 0.6 is 0 Å².